The third kappa shape index (κ3) is 1.38. The van der Waals surface area contributed by atoms with Gasteiger partial charge >= 0.3 is 0 Å². The summed E-state index contributed by atoms with van der Waals surface area (Å²) in [4.78, 5) is 4.15. The fourth-order valence-electron chi connectivity index (χ4n) is 1.22. The Labute approximate surface area is 75.6 Å². The Morgan fingerprint density at radius 1 is 1.54 bits per heavy atom. The second-order valence-corrected chi connectivity index (χ2v) is 2.91. The molecule has 0 saturated carbocycles. The van der Waals surface area contributed by atoms with Crippen molar-refractivity contribution in [2.75, 3.05) is 0 Å². The lowest BCUT2D eigenvalue weighted by molar-refractivity contribution is 0.548. The van der Waals surface area contributed by atoms with Crippen molar-refractivity contribution in [1.82, 2.24) is 4.98 Å². The molecule has 2 rings (SSSR count). The maximum Gasteiger partial charge on any atom is 0.209 e. The Balaban J connectivity index is 2.57. The molecule has 0 atom stereocenters. The molecule has 3 nitrogen and oxygen atoms in total. The second-order valence-electron chi connectivity index (χ2n) is 2.91. The quantitative estimate of drug-likeness (QED) is 0.662. The maximum absolute atomic E-state index is 8.45. The van der Waals surface area contributed by atoms with Crippen molar-refractivity contribution < 1.29 is 4.42 Å². The van der Waals surface area contributed by atoms with Crippen molar-refractivity contribution in [3.63, 3.8) is 0 Å². The van der Waals surface area contributed by atoms with Crippen LogP contribution >= 0.6 is 0 Å². The molecule has 0 unspecified atom stereocenters. The number of hydrogen-bond donors (Lipinski definition) is 0. The van der Waals surface area contributed by atoms with E-state index in [2.05, 4.69) is 4.98 Å². The fraction of sp³-hybridized carbons (Fsp3) is 0.200. The van der Waals surface area contributed by atoms with E-state index < -0.39 is 0 Å². The first-order valence-corrected chi connectivity index (χ1v) is 4.02. The number of aromatic nitrogens is 1. The van der Waals surface area contributed by atoms with Crippen LogP contribution in [0.2, 0.25) is 0 Å². The van der Waals surface area contributed by atoms with Gasteiger partial charge in [-0.25, -0.2) is 4.98 Å². The van der Waals surface area contributed by atoms with E-state index in [1.165, 1.54) is 0 Å². The van der Waals surface area contributed by atoms with Crippen LogP contribution in [0.3, 0.4) is 0 Å². The Hall–Kier alpha value is -1.82. The first kappa shape index (κ1) is 7.81. The molecule has 0 aliphatic rings. The molecule has 0 aliphatic carbocycles. The molecule has 0 aliphatic heterocycles. The van der Waals surface area contributed by atoms with Crippen molar-refractivity contribution in [2.45, 2.75) is 13.3 Å². The van der Waals surface area contributed by atoms with Crippen LogP contribution in [-0.4, -0.2) is 4.98 Å². The lowest BCUT2D eigenvalue weighted by atomic mass is 10.2. The van der Waals surface area contributed by atoms with Crippen molar-refractivity contribution in [3.05, 3.63) is 29.7 Å². The van der Waals surface area contributed by atoms with Crippen LogP contribution in [0.4, 0.5) is 0 Å². The van der Waals surface area contributed by atoms with Crippen LogP contribution < -0.4 is 0 Å². The van der Waals surface area contributed by atoms with Gasteiger partial charge in [0.15, 0.2) is 5.58 Å². The van der Waals surface area contributed by atoms with Gasteiger partial charge in [0.1, 0.15) is 11.9 Å². The number of aryl methyl sites for hydroxylation is 1. The van der Waals surface area contributed by atoms with Crippen LogP contribution in [0.15, 0.2) is 22.6 Å². The largest absolute Gasteiger partial charge is 0.440 e. The lowest BCUT2D eigenvalue weighted by Crippen LogP contribution is -1.77. The summed E-state index contributed by atoms with van der Waals surface area (Å²) in [6.45, 7) is 1.99. The molecule has 1 heterocycles. The van der Waals surface area contributed by atoms with E-state index >= 15 is 0 Å². The molecule has 3 heteroatoms. The van der Waals surface area contributed by atoms with Crippen LogP contribution in [0.1, 0.15) is 11.5 Å². The van der Waals surface area contributed by atoms with Crippen molar-refractivity contribution in [3.8, 4) is 6.07 Å². The summed E-state index contributed by atoms with van der Waals surface area (Å²) in [7, 11) is 0. The highest BCUT2D eigenvalue weighted by Crippen LogP contribution is 2.16. The number of fused-ring (bicyclic) bond motifs is 1. The van der Waals surface area contributed by atoms with Crippen molar-refractivity contribution >= 4 is 11.1 Å². The lowest BCUT2D eigenvalue weighted by Gasteiger charge is -1.87. The number of oxazole rings is 1. The van der Waals surface area contributed by atoms with E-state index in [0.717, 1.165) is 16.7 Å². The number of nitriles is 1. The predicted octanol–water partition coefficient (Wildman–Crippen LogP) is 2.20. The number of hydrogen-bond acceptors (Lipinski definition) is 3. The van der Waals surface area contributed by atoms with E-state index in [9.17, 15) is 0 Å². The summed E-state index contributed by atoms with van der Waals surface area (Å²) < 4.78 is 5.36. The highest BCUT2D eigenvalue weighted by Gasteiger charge is 2.04. The Morgan fingerprint density at radius 3 is 3.15 bits per heavy atom. The summed E-state index contributed by atoms with van der Waals surface area (Å²) in [5.41, 5.74) is 2.70. The van der Waals surface area contributed by atoms with Gasteiger partial charge in [0.05, 0.1) is 6.07 Å². The average Bonchev–Trinajstić information content (AvgIpc) is 2.46. The summed E-state index contributed by atoms with van der Waals surface area (Å²) in [5.74, 6) is 0.489. The summed E-state index contributed by atoms with van der Waals surface area (Å²) in [6.07, 6.45) is 0.230. The average molecular weight is 172 g/mol. The van der Waals surface area contributed by atoms with E-state index in [-0.39, 0.29) is 6.42 Å². The zero-order valence-electron chi connectivity index (χ0n) is 7.24. The Kier molecular flexibility index (Phi) is 1.75. The van der Waals surface area contributed by atoms with Gasteiger partial charge in [-0.3, -0.25) is 0 Å². The van der Waals surface area contributed by atoms with Gasteiger partial charge in [-0.2, -0.15) is 5.26 Å². The maximum atomic E-state index is 8.45. The standard InChI is InChI=1S/C10H8N2O/c1-7-2-3-8-9(6-7)13-10(12-8)4-5-11/h2-3,6H,4H2,1H3. The number of nitrogens with zero attached hydrogens (tertiary/aromatic N) is 2. The molecule has 0 bridgehead atoms. The zero-order chi connectivity index (χ0) is 9.26. The highest BCUT2D eigenvalue weighted by atomic mass is 16.3. The number of benzene rings is 1. The Morgan fingerprint density at radius 2 is 2.38 bits per heavy atom. The summed E-state index contributed by atoms with van der Waals surface area (Å²) >= 11 is 0. The van der Waals surface area contributed by atoms with E-state index in [0.29, 0.717) is 5.89 Å². The minimum atomic E-state index is 0.230. The molecule has 0 spiro atoms. The summed E-state index contributed by atoms with van der Waals surface area (Å²) in [5, 5.41) is 8.45. The van der Waals surface area contributed by atoms with Crippen LogP contribution in [-0.2, 0) is 6.42 Å². The van der Waals surface area contributed by atoms with Crippen LogP contribution in [0.5, 0.6) is 0 Å². The van der Waals surface area contributed by atoms with E-state index in [1.54, 1.807) is 0 Å². The third-order valence-electron chi connectivity index (χ3n) is 1.82. The second kappa shape index (κ2) is 2.91. The third-order valence-corrected chi connectivity index (χ3v) is 1.82. The molecule has 0 N–H and O–H groups in total. The van der Waals surface area contributed by atoms with Crippen molar-refractivity contribution in [1.29, 1.82) is 5.26 Å². The van der Waals surface area contributed by atoms with Crippen LogP contribution in [0.25, 0.3) is 11.1 Å². The van der Waals surface area contributed by atoms with Gasteiger partial charge < -0.3 is 4.42 Å². The van der Waals surface area contributed by atoms with E-state index in [1.807, 2.05) is 31.2 Å². The Bertz CT molecular complexity index is 479. The molecule has 64 valence electrons. The zero-order valence-corrected chi connectivity index (χ0v) is 7.24. The predicted molar refractivity (Wildman–Crippen MR) is 48.1 cm³/mol. The first-order chi connectivity index (χ1) is 6.29. The molecule has 1 aromatic carbocycles. The van der Waals surface area contributed by atoms with Gasteiger partial charge in [0.2, 0.25) is 5.89 Å². The normalized spacial score (nSPS) is 10.2. The van der Waals surface area contributed by atoms with Gasteiger partial charge in [-0.1, -0.05) is 6.07 Å². The minimum Gasteiger partial charge on any atom is -0.440 e. The van der Waals surface area contributed by atoms with Crippen LogP contribution in [0, 0.1) is 18.3 Å². The molecule has 2 aromatic rings. The molecule has 0 radical (unpaired) electrons. The number of rotatable bonds is 1. The molecule has 0 saturated heterocycles. The molecule has 13 heavy (non-hydrogen) atoms. The summed E-state index contributed by atoms with van der Waals surface area (Å²) in [6, 6.07) is 7.79. The van der Waals surface area contributed by atoms with Crippen molar-refractivity contribution in [2.24, 2.45) is 0 Å². The molecular formula is C10H8N2O. The van der Waals surface area contributed by atoms with Gasteiger partial charge in [-0.05, 0) is 24.6 Å². The van der Waals surface area contributed by atoms with Gasteiger partial charge in [0, 0.05) is 0 Å². The van der Waals surface area contributed by atoms with Gasteiger partial charge in [0.25, 0.3) is 0 Å². The molecular weight excluding hydrogens is 164 g/mol. The minimum absolute atomic E-state index is 0.230. The highest BCUT2D eigenvalue weighted by molar-refractivity contribution is 5.73. The smallest absolute Gasteiger partial charge is 0.209 e. The first-order valence-electron chi connectivity index (χ1n) is 4.02. The topological polar surface area (TPSA) is 49.8 Å². The monoisotopic (exact) mass is 172 g/mol. The SMILES string of the molecule is Cc1ccc2nc(CC#N)oc2c1. The van der Waals surface area contributed by atoms with Gasteiger partial charge in [-0.15, -0.1) is 0 Å². The molecule has 1 aromatic heterocycles. The molecule has 0 fully saturated rings. The fourth-order valence-corrected chi connectivity index (χ4v) is 1.22. The molecule has 0 amide bonds. The van der Waals surface area contributed by atoms with E-state index in [4.69, 9.17) is 9.68 Å².